The lowest BCUT2D eigenvalue weighted by Gasteiger charge is -2.01. The molecule has 0 atom stereocenters. The van der Waals surface area contributed by atoms with Crippen molar-refractivity contribution >= 4 is 5.88 Å². The van der Waals surface area contributed by atoms with E-state index in [9.17, 15) is 0 Å². The SMILES string of the molecule is COCCCNCc1ccc(N)o1. The Hall–Kier alpha value is -1.00. The molecular formula is C9H16N2O2. The summed E-state index contributed by atoms with van der Waals surface area (Å²) >= 11 is 0. The summed E-state index contributed by atoms with van der Waals surface area (Å²) in [5.41, 5.74) is 5.42. The smallest absolute Gasteiger partial charge is 0.190 e. The molecule has 1 aromatic rings. The van der Waals surface area contributed by atoms with Crippen LogP contribution in [-0.4, -0.2) is 20.3 Å². The van der Waals surface area contributed by atoms with E-state index >= 15 is 0 Å². The van der Waals surface area contributed by atoms with Crippen LogP contribution in [0.4, 0.5) is 5.88 Å². The highest BCUT2D eigenvalue weighted by Crippen LogP contribution is 2.07. The molecule has 0 saturated carbocycles. The van der Waals surface area contributed by atoms with Crippen LogP contribution in [0.15, 0.2) is 16.5 Å². The van der Waals surface area contributed by atoms with Gasteiger partial charge in [0.05, 0.1) is 6.54 Å². The van der Waals surface area contributed by atoms with Crippen molar-refractivity contribution in [3.8, 4) is 0 Å². The first-order valence-corrected chi connectivity index (χ1v) is 4.37. The topological polar surface area (TPSA) is 60.4 Å². The molecule has 0 unspecified atom stereocenters. The van der Waals surface area contributed by atoms with Gasteiger partial charge in [-0.2, -0.15) is 0 Å². The van der Waals surface area contributed by atoms with Crippen LogP contribution in [0.2, 0.25) is 0 Å². The Morgan fingerprint density at radius 1 is 1.54 bits per heavy atom. The molecule has 1 heterocycles. The second kappa shape index (κ2) is 5.61. The van der Waals surface area contributed by atoms with Gasteiger partial charge >= 0.3 is 0 Å². The largest absolute Gasteiger partial charge is 0.445 e. The van der Waals surface area contributed by atoms with Crippen LogP contribution in [0.3, 0.4) is 0 Å². The fourth-order valence-electron chi connectivity index (χ4n) is 1.04. The third-order valence-electron chi connectivity index (χ3n) is 1.68. The van der Waals surface area contributed by atoms with E-state index < -0.39 is 0 Å². The third-order valence-corrected chi connectivity index (χ3v) is 1.68. The van der Waals surface area contributed by atoms with Gasteiger partial charge in [0.25, 0.3) is 0 Å². The normalized spacial score (nSPS) is 10.5. The Bertz CT molecular complexity index is 235. The molecule has 4 nitrogen and oxygen atoms in total. The number of hydrogen-bond donors (Lipinski definition) is 2. The van der Waals surface area contributed by atoms with Crippen molar-refractivity contribution in [1.29, 1.82) is 0 Å². The molecular weight excluding hydrogens is 168 g/mol. The molecule has 0 spiro atoms. The number of nitrogens with two attached hydrogens (primary N) is 1. The van der Waals surface area contributed by atoms with E-state index in [0.717, 1.165) is 31.9 Å². The van der Waals surface area contributed by atoms with Crippen LogP contribution in [0.1, 0.15) is 12.2 Å². The quantitative estimate of drug-likeness (QED) is 0.647. The maximum absolute atomic E-state index is 5.42. The molecule has 4 heteroatoms. The molecule has 0 bridgehead atoms. The summed E-state index contributed by atoms with van der Waals surface area (Å²) in [6.45, 7) is 2.43. The van der Waals surface area contributed by atoms with Crippen LogP contribution in [0, 0.1) is 0 Å². The predicted molar refractivity (Wildman–Crippen MR) is 51.3 cm³/mol. The number of furan rings is 1. The zero-order chi connectivity index (χ0) is 9.52. The van der Waals surface area contributed by atoms with E-state index in [1.54, 1.807) is 13.2 Å². The number of methoxy groups -OCH3 is 1. The van der Waals surface area contributed by atoms with Gasteiger partial charge in [-0.3, -0.25) is 0 Å². The van der Waals surface area contributed by atoms with Gasteiger partial charge in [0, 0.05) is 19.8 Å². The first-order valence-electron chi connectivity index (χ1n) is 4.37. The summed E-state index contributed by atoms with van der Waals surface area (Å²) in [6, 6.07) is 3.63. The molecule has 74 valence electrons. The molecule has 0 aliphatic heterocycles. The van der Waals surface area contributed by atoms with Crippen LogP contribution in [0.5, 0.6) is 0 Å². The van der Waals surface area contributed by atoms with Crippen molar-refractivity contribution in [2.45, 2.75) is 13.0 Å². The Labute approximate surface area is 78.1 Å². The van der Waals surface area contributed by atoms with E-state index in [4.69, 9.17) is 14.9 Å². The standard InChI is InChI=1S/C9H16N2O2/c1-12-6-2-5-11-7-8-3-4-9(10)13-8/h3-4,11H,2,5-7,10H2,1H3. The summed E-state index contributed by atoms with van der Waals surface area (Å²) < 4.78 is 10.1. The zero-order valence-electron chi connectivity index (χ0n) is 7.88. The van der Waals surface area contributed by atoms with Crippen LogP contribution < -0.4 is 11.1 Å². The van der Waals surface area contributed by atoms with Crippen LogP contribution >= 0.6 is 0 Å². The Morgan fingerprint density at radius 2 is 2.38 bits per heavy atom. The number of hydrogen-bond acceptors (Lipinski definition) is 4. The second-order valence-electron chi connectivity index (χ2n) is 2.83. The molecule has 1 rings (SSSR count). The van der Waals surface area contributed by atoms with E-state index in [-0.39, 0.29) is 0 Å². The lowest BCUT2D eigenvalue weighted by molar-refractivity contribution is 0.194. The van der Waals surface area contributed by atoms with E-state index in [0.29, 0.717) is 5.88 Å². The van der Waals surface area contributed by atoms with Gasteiger partial charge in [-0.1, -0.05) is 0 Å². The van der Waals surface area contributed by atoms with Crippen molar-refractivity contribution in [3.63, 3.8) is 0 Å². The second-order valence-corrected chi connectivity index (χ2v) is 2.83. The third kappa shape index (κ3) is 3.96. The maximum atomic E-state index is 5.42. The van der Waals surface area contributed by atoms with Gasteiger partial charge in [-0.15, -0.1) is 0 Å². The molecule has 13 heavy (non-hydrogen) atoms. The highest BCUT2D eigenvalue weighted by Gasteiger charge is 1.96. The van der Waals surface area contributed by atoms with Crippen molar-refractivity contribution in [2.24, 2.45) is 0 Å². The number of nitrogen functional groups attached to an aromatic ring is 1. The van der Waals surface area contributed by atoms with Crippen molar-refractivity contribution < 1.29 is 9.15 Å². The molecule has 0 fully saturated rings. The molecule has 1 aromatic heterocycles. The summed E-state index contributed by atoms with van der Waals surface area (Å²) in [5.74, 6) is 1.34. The van der Waals surface area contributed by atoms with Crippen LogP contribution in [0.25, 0.3) is 0 Å². The van der Waals surface area contributed by atoms with Crippen LogP contribution in [-0.2, 0) is 11.3 Å². The summed E-state index contributed by atoms with van der Waals surface area (Å²) in [6.07, 6.45) is 1.01. The molecule has 0 aliphatic rings. The lowest BCUT2D eigenvalue weighted by atomic mass is 10.4. The Balaban J connectivity index is 2.06. The number of anilines is 1. The van der Waals surface area contributed by atoms with Gasteiger partial charge in [0.15, 0.2) is 5.88 Å². The minimum absolute atomic E-state index is 0.466. The van der Waals surface area contributed by atoms with E-state index in [1.807, 2.05) is 6.07 Å². The monoisotopic (exact) mass is 184 g/mol. The highest BCUT2D eigenvalue weighted by molar-refractivity contribution is 5.25. The fraction of sp³-hybridized carbons (Fsp3) is 0.556. The summed E-state index contributed by atoms with van der Waals surface area (Å²) in [5, 5.41) is 3.22. The van der Waals surface area contributed by atoms with E-state index in [2.05, 4.69) is 5.32 Å². The molecule has 0 aromatic carbocycles. The average molecular weight is 184 g/mol. The predicted octanol–water partition coefficient (Wildman–Crippen LogP) is 0.988. The van der Waals surface area contributed by atoms with Gasteiger partial charge < -0.3 is 20.2 Å². The van der Waals surface area contributed by atoms with Gasteiger partial charge in [0.2, 0.25) is 0 Å². The fourth-order valence-corrected chi connectivity index (χ4v) is 1.04. The molecule has 0 amide bonds. The van der Waals surface area contributed by atoms with Gasteiger partial charge in [0.1, 0.15) is 5.76 Å². The van der Waals surface area contributed by atoms with Crippen molar-refractivity contribution in [1.82, 2.24) is 5.32 Å². The molecule has 3 N–H and O–H groups in total. The molecule has 0 aliphatic carbocycles. The number of nitrogens with one attached hydrogen (secondary N) is 1. The van der Waals surface area contributed by atoms with E-state index in [1.165, 1.54) is 0 Å². The Kier molecular flexibility index (Phi) is 4.35. The molecule has 0 radical (unpaired) electrons. The van der Waals surface area contributed by atoms with Gasteiger partial charge in [-0.25, -0.2) is 0 Å². The molecule has 0 saturated heterocycles. The first kappa shape index (κ1) is 10.1. The maximum Gasteiger partial charge on any atom is 0.190 e. The number of rotatable bonds is 6. The summed E-state index contributed by atoms with van der Waals surface area (Å²) in [7, 11) is 1.70. The summed E-state index contributed by atoms with van der Waals surface area (Å²) in [4.78, 5) is 0. The first-order chi connectivity index (χ1) is 6.33. The minimum Gasteiger partial charge on any atom is -0.445 e. The van der Waals surface area contributed by atoms with Gasteiger partial charge in [-0.05, 0) is 19.0 Å². The minimum atomic E-state index is 0.466. The van der Waals surface area contributed by atoms with Crippen molar-refractivity contribution in [2.75, 3.05) is 26.0 Å². The zero-order valence-corrected chi connectivity index (χ0v) is 7.88. The average Bonchev–Trinajstić information content (AvgIpc) is 2.51. The Morgan fingerprint density at radius 3 is 3.00 bits per heavy atom. The number of ether oxygens (including phenoxy) is 1. The lowest BCUT2D eigenvalue weighted by Crippen LogP contribution is -2.15. The van der Waals surface area contributed by atoms with Crippen molar-refractivity contribution in [3.05, 3.63) is 17.9 Å². The highest BCUT2D eigenvalue weighted by atomic mass is 16.5.